The second-order valence-electron chi connectivity index (χ2n) is 0.625. The van der Waals surface area contributed by atoms with Gasteiger partial charge in [0.1, 0.15) is 0 Å². The molecule has 0 rings (SSSR count). The lowest BCUT2D eigenvalue weighted by atomic mass is 10.5. The monoisotopic (exact) mass is 70.1 g/mol. The van der Waals surface area contributed by atoms with Crippen molar-refractivity contribution in [2.24, 2.45) is 0 Å². The van der Waals surface area contributed by atoms with Crippen LogP contribution in [0.3, 0.4) is 0 Å². The van der Waals surface area contributed by atoms with Crippen LogP contribution in [-0.4, -0.2) is 0 Å². The van der Waals surface area contributed by atoms with E-state index in [1.54, 1.807) is 6.92 Å². The molecule has 0 aromatic heterocycles. The predicted molar refractivity (Wildman–Crippen MR) is 23.7 cm³/mol. The van der Waals surface area contributed by atoms with Crippen molar-refractivity contribution in [3.05, 3.63) is 0 Å². The molecule has 0 saturated heterocycles. The molecule has 0 saturated carbocycles. The molecule has 0 heteroatoms. The highest BCUT2D eigenvalue weighted by atomic mass is 13.5. The Kier molecular flexibility index (Phi) is 1.33. The number of hydrogen-bond acceptors (Lipinski definition) is 0. The molecule has 0 aromatic rings. The quantitative estimate of drug-likeness (QED) is 0.378. The Morgan fingerprint density at radius 3 is 2.60 bits per heavy atom. The summed E-state index contributed by atoms with van der Waals surface area (Å²) in [4.78, 5) is 0. The van der Waals surface area contributed by atoms with Gasteiger partial charge in [0.2, 0.25) is 0 Å². The molecule has 0 aromatic carbocycles. The van der Waals surface area contributed by atoms with Crippen LogP contribution < -0.4 is 0 Å². The molecular weight excluding hydrogens is 60.1 g/mol. The minimum absolute atomic E-state index is 1.31. The Morgan fingerprint density at radius 2 is 2.60 bits per heavy atom. The van der Waals surface area contributed by atoms with E-state index in [-0.39, 0.29) is 0 Å². The maximum atomic E-state index is 6.82. The van der Waals surface area contributed by atoms with E-state index in [0.29, 0.717) is 0 Å². The first-order valence-electron chi connectivity index (χ1n) is 2.50. The Bertz CT molecular complexity index is 99.5. The molecule has 0 nitrogen and oxygen atoms in total. The van der Waals surface area contributed by atoms with E-state index in [9.17, 15) is 0 Å². The second-order valence-corrected chi connectivity index (χ2v) is 0.625. The maximum Gasteiger partial charge on any atom is 0.0399 e. The highest BCUT2D eigenvalue weighted by Gasteiger charge is 1.48. The Labute approximate surface area is 36.0 Å². The minimum Gasteiger partial charge on any atom is -0.107 e. The Hall–Kier alpha value is -0.440. The fraction of sp³-hybridized carbons (Fsp3) is 0.600. The molecule has 0 radical (unpaired) electrons. The van der Waals surface area contributed by atoms with Gasteiger partial charge in [-0.25, -0.2) is 0 Å². The van der Waals surface area contributed by atoms with Crippen molar-refractivity contribution < 1.29 is 2.74 Å². The summed E-state index contributed by atoms with van der Waals surface area (Å²) in [5.41, 5.74) is 0. The van der Waals surface area contributed by atoms with Crippen molar-refractivity contribution in [2.45, 2.75) is 20.2 Å². The average Bonchev–Trinajstić information content (AvgIpc) is 1.30. The Morgan fingerprint density at radius 1 is 2.00 bits per heavy atom. The number of hydrogen-bond donors (Lipinski definition) is 0. The zero-order valence-electron chi connectivity index (χ0n) is 5.50. The largest absolute Gasteiger partial charge is 0.107 e. The van der Waals surface area contributed by atoms with Crippen molar-refractivity contribution in [3.63, 3.8) is 0 Å². The number of rotatable bonds is 0. The molecule has 0 aliphatic heterocycles. The van der Waals surface area contributed by atoms with Gasteiger partial charge in [0, 0.05) is 9.11 Å². The summed E-state index contributed by atoms with van der Waals surface area (Å²) in [5.74, 6) is 4.85. The van der Waals surface area contributed by atoms with Gasteiger partial charge in [0.15, 0.2) is 0 Å². The van der Waals surface area contributed by atoms with Crippen LogP contribution in [0.5, 0.6) is 0 Å². The first kappa shape index (κ1) is 1.87. The van der Waals surface area contributed by atoms with Crippen LogP contribution in [0, 0.1) is 11.8 Å². The van der Waals surface area contributed by atoms with E-state index in [2.05, 4.69) is 11.8 Å². The molecule has 0 atom stereocenters. The van der Waals surface area contributed by atoms with Gasteiger partial charge < -0.3 is 0 Å². The summed E-state index contributed by atoms with van der Waals surface area (Å²) in [6, 6.07) is 0. The molecule has 0 fully saturated rings. The molecule has 0 spiro atoms. The molecule has 0 unspecified atom stereocenters. The van der Waals surface area contributed by atoms with Crippen molar-refractivity contribution in [3.8, 4) is 11.8 Å². The van der Waals surface area contributed by atoms with Crippen LogP contribution in [0.1, 0.15) is 23.0 Å². The summed E-state index contributed by atoms with van der Waals surface area (Å²) in [6.45, 7) is 3.06. The first-order chi connectivity index (χ1) is 3.06. The van der Waals surface area contributed by atoms with Gasteiger partial charge in [-0.05, 0) is 6.92 Å². The predicted octanol–water partition coefficient (Wildman–Crippen LogP) is 1.42. The van der Waals surface area contributed by atoms with Gasteiger partial charge >= 0.3 is 0 Å². The van der Waals surface area contributed by atoms with E-state index >= 15 is 0 Å². The van der Waals surface area contributed by atoms with Crippen molar-refractivity contribution >= 4 is 0 Å². The average molecular weight is 70.1 g/mol. The molecule has 0 amide bonds. The minimum atomic E-state index is -1.31. The standard InChI is InChI=1S/C5H8/c1-3-5-4-2/h3H2,1-2H3/i3D2. The zero-order valence-corrected chi connectivity index (χ0v) is 3.50. The topological polar surface area (TPSA) is 0 Å². The van der Waals surface area contributed by atoms with Crippen LogP contribution in [0.15, 0.2) is 0 Å². The maximum absolute atomic E-state index is 6.82. The first-order valence-corrected chi connectivity index (χ1v) is 1.50. The fourth-order valence-electron chi connectivity index (χ4n) is 0.125. The molecular formula is C5H8. The van der Waals surface area contributed by atoms with Crippen molar-refractivity contribution in [2.75, 3.05) is 0 Å². The van der Waals surface area contributed by atoms with Crippen LogP contribution in [-0.2, 0) is 0 Å². The summed E-state index contributed by atoms with van der Waals surface area (Å²) in [5, 5.41) is 0. The lowest BCUT2D eigenvalue weighted by Gasteiger charge is -1.58. The van der Waals surface area contributed by atoms with Crippen LogP contribution in [0.2, 0.25) is 0 Å². The fourth-order valence-corrected chi connectivity index (χ4v) is 0.125. The van der Waals surface area contributed by atoms with E-state index in [1.165, 1.54) is 6.92 Å². The van der Waals surface area contributed by atoms with Gasteiger partial charge in [-0.3, -0.25) is 0 Å². The summed E-state index contributed by atoms with van der Waals surface area (Å²) in [7, 11) is 0. The second kappa shape index (κ2) is 3.56. The van der Waals surface area contributed by atoms with Crippen LogP contribution >= 0.6 is 0 Å². The third kappa shape index (κ3) is 3.56. The van der Waals surface area contributed by atoms with E-state index in [0.717, 1.165) is 0 Å². The summed E-state index contributed by atoms with van der Waals surface area (Å²) >= 11 is 0. The van der Waals surface area contributed by atoms with Crippen molar-refractivity contribution in [1.29, 1.82) is 0 Å². The van der Waals surface area contributed by atoms with Gasteiger partial charge in [0.05, 0.1) is 0 Å². The highest BCUT2D eigenvalue weighted by Crippen LogP contribution is 1.62. The van der Waals surface area contributed by atoms with E-state index in [1.807, 2.05) is 0 Å². The van der Waals surface area contributed by atoms with E-state index in [4.69, 9.17) is 2.74 Å². The molecule has 0 N–H and O–H groups in total. The van der Waals surface area contributed by atoms with Crippen LogP contribution in [0.4, 0.5) is 0 Å². The van der Waals surface area contributed by atoms with E-state index < -0.39 is 6.37 Å². The molecule has 0 heterocycles. The normalized spacial score (nSPS) is 14.0. The van der Waals surface area contributed by atoms with Crippen LogP contribution in [0.25, 0.3) is 0 Å². The molecule has 0 aliphatic carbocycles. The van der Waals surface area contributed by atoms with Gasteiger partial charge in [-0.15, -0.1) is 11.8 Å². The highest BCUT2D eigenvalue weighted by molar-refractivity contribution is 4.92. The van der Waals surface area contributed by atoms with Gasteiger partial charge in [-0.2, -0.15) is 0 Å². The lowest BCUT2D eigenvalue weighted by Crippen LogP contribution is -1.45. The van der Waals surface area contributed by atoms with Crippen molar-refractivity contribution in [1.82, 2.24) is 0 Å². The third-order valence-corrected chi connectivity index (χ3v) is 0.250. The molecule has 0 bridgehead atoms. The third-order valence-electron chi connectivity index (χ3n) is 0.250. The smallest absolute Gasteiger partial charge is 0.0399 e. The summed E-state index contributed by atoms with van der Waals surface area (Å²) < 4.78 is 13.6. The van der Waals surface area contributed by atoms with Gasteiger partial charge in [-0.1, -0.05) is 6.92 Å². The Balaban J connectivity index is 3.72. The zero-order chi connectivity index (χ0) is 5.91. The SMILES string of the molecule is [2H]C([2H])(C)C#CC. The summed E-state index contributed by atoms with van der Waals surface area (Å²) in [6.07, 6.45) is -1.31. The molecule has 28 valence electrons. The lowest BCUT2D eigenvalue weighted by molar-refractivity contribution is 1.28. The molecule has 5 heavy (non-hydrogen) atoms. The van der Waals surface area contributed by atoms with Gasteiger partial charge in [0.25, 0.3) is 0 Å². The molecule has 0 aliphatic rings.